The Balaban J connectivity index is 3.59. The third kappa shape index (κ3) is 4.22. The van der Waals surface area contributed by atoms with Crippen LogP contribution in [0.4, 0.5) is 0 Å². The topological polar surface area (TPSA) is 29.5 Å². The fraction of sp³-hybridized carbons (Fsp3) is 1.00. The Morgan fingerprint density at radius 1 is 1.44 bits per heavy atom. The molecular formula is C5H15BO2Sn. The van der Waals surface area contributed by atoms with Crippen molar-refractivity contribution in [3.05, 3.63) is 0 Å². The first-order valence-corrected chi connectivity index (χ1v) is 13.4. The van der Waals surface area contributed by atoms with E-state index in [9.17, 15) is 0 Å². The summed E-state index contributed by atoms with van der Waals surface area (Å²) in [6.45, 7) is 2.05. The Labute approximate surface area is 61.8 Å². The van der Waals surface area contributed by atoms with Crippen LogP contribution in [0.25, 0.3) is 0 Å². The third-order valence-corrected chi connectivity index (χ3v) is 8.98. The van der Waals surface area contributed by atoms with E-state index < -0.39 is 18.4 Å². The molecule has 1 N–H and O–H groups in total. The Morgan fingerprint density at radius 2 is 1.89 bits per heavy atom. The molecule has 0 amide bonds. The van der Waals surface area contributed by atoms with Crippen molar-refractivity contribution < 1.29 is 9.68 Å². The second-order valence-electron chi connectivity index (χ2n) is 3.30. The fourth-order valence-corrected chi connectivity index (χ4v) is 2.00. The molecule has 0 radical (unpaired) electrons. The second kappa shape index (κ2) is 3.83. The van der Waals surface area contributed by atoms with Crippen molar-refractivity contribution in [2.75, 3.05) is 0 Å². The van der Waals surface area contributed by atoms with Gasteiger partial charge in [0.1, 0.15) is 0 Å². The molecule has 9 heavy (non-hydrogen) atoms. The summed E-state index contributed by atoms with van der Waals surface area (Å²) in [5.74, 6) is 0. The molecule has 4 heteroatoms. The molecule has 0 aliphatic heterocycles. The zero-order valence-corrected chi connectivity index (χ0v) is 9.49. The number of hydrogen-bond acceptors (Lipinski definition) is 2. The van der Waals surface area contributed by atoms with Gasteiger partial charge in [-0.2, -0.15) is 0 Å². The predicted molar refractivity (Wildman–Crippen MR) is 43.3 cm³/mol. The molecule has 0 heterocycles. The zero-order valence-electron chi connectivity index (χ0n) is 6.64. The fourth-order valence-electron chi connectivity index (χ4n) is 0.362. The monoisotopic (exact) mass is 238 g/mol. The van der Waals surface area contributed by atoms with Gasteiger partial charge in [-0.3, -0.25) is 0 Å². The molecule has 0 saturated carbocycles. The Morgan fingerprint density at radius 3 is 2.00 bits per heavy atom. The summed E-state index contributed by atoms with van der Waals surface area (Å²) in [6.07, 6.45) is 0. The van der Waals surface area contributed by atoms with Crippen molar-refractivity contribution in [1.82, 2.24) is 0 Å². The van der Waals surface area contributed by atoms with Crippen LogP contribution in [0.2, 0.25) is 14.8 Å². The van der Waals surface area contributed by atoms with E-state index in [4.69, 9.17) is 9.68 Å². The third-order valence-electron chi connectivity index (χ3n) is 1.54. The van der Waals surface area contributed by atoms with Gasteiger partial charge in [-0.05, 0) is 0 Å². The van der Waals surface area contributed by atoms with E-state index in [1.165, 1.54) is 0 Å². The SMILES string of the molecule is C[CH](OBO)[Sn]([CH3])([CH3])[CH3]. The normalized spacial score (nSPS) is 15.2. The van der Waals surface area contributed by atoms with E-state index in [1.54, 1.807) is 0 Å². The van der Waals surface area contributed by atoms with Crippen LogP contribution in [0.3, 0.4) is 0 Å². The van der Waals surface area contributed by atoms with E-state index in [2.05, 4.69) is 14.8 Å². The van der Waals surface area contributed by atoms with Crippen molar-refractivity contribution >= 4 is 26.1 Å². The Hall–Kier alpha value is 0.784. The van der Waals surface area contributed by atoms with Crippen LogP contribution in [0, 0.1) is 0 Å². The van der Waals surface area contributed by atoms with E-state index in [-0.39, 0.29) is 7.69 Å². The van der Waals surface area contributed by atoms with E-state index in [1.807, 2.05) is 6.92 Å². The van der Waals surface area contributed by atoms with Crippen molar-refractivity contribution in [3.8, 4) is 0 Å². The standard InChI is InChI=1S/C2H6BO2.3CH3.Sn/c1-2-5-3-4;;;;/h2-4H,1H3;3*1H3;. The molecule has 0 rings (SSSR count). The van der Waals surface area contributed by atoms with Crippen LogP contribution in [-0.4, -0.2) is 35.2 Å². The number of hydrogen-bond donors (Lipinski definition) is 1. The first-order chi connectivity index (χ1) is 3.98. The summed E-state index contributed by atoms with van der Waals surface area (Å²) < 4.78 is 5.38. The molecule has 0 spiro atoms. The summed E-state index contributed by atoms with van der Waals surface area (Å²) in [7, 11) is -0.130. The maximum atomic E-state index is 8.41. The molecule has 0 aromatic rings. The molecule has 0 fully saturated rings. The molecule has 1 atom stereocenters. The van der Waals surface area contributed by atoms with Gasteiger partial charge >= 0.3 is 61.6 Å². The summed E-state index contributed by atoms with van der Waals surface area (Å²) >= 11 is -1.83. The molecular weight excluding hydrogens is 222 g/mol. The summed E-state index contributed by atoms with van der Waals surface area (Å²) in [5.41, 5.74) is 0. The average Bonchev–Trinajstić information content (AvgIpc) is 1.64. The number of rotatable bonds is 3. The molecule has 0 aliphatic carbocycles. The van der Waals surface area contributed by atoms with Crippen LogP contribution >= 0.6 is 0 Å². The average molecular weight is 237 g/mol. The van der Waals surface area contributed by atoms with Gasteiger partial charge in [-0.25, -0.2) is 0 Å². The maximum absolute atomic E-state index is 8.41. The predicted octanol–water partition coefficient (Wildman–Crippen LogP) is 0.528. The van der Waals surface area contributed by atoms with Crippen molar-refractivity contribution in [2.45, 2.75) is 25.9 Å². The Bertz CT molecular complexity index is 81.5. The van der Waals surface area contributed by atoms with Crippen molar-refractivity contribution in [1.29, 1.82) is 0 Å². The van der Waals surface area contributed by atoms with Gasteiger partial charge < -0.3 is 0 Å². The second-order valence-corrected chi connectivity index (χ2v) is 19.1. The van der Waals surface area contributed by atoms with Crippen LogP contribution in [0.15, 0.2) is 0 Å². The summed E-state index contributed by atoms with van der Waals surface area (Å²) in [4.78, 5) is 6.86. The minimum absolute atomic E-state index is 0.130. The first kappa shape index (κ1) is 9.78. The molecule has 54 valence electrons. The van der Waals surface area contributed by atoms with E-state index in [0.717, 1.165) is 0 Å². The molecule has 0 aliphatic rings. The summed E-state index contributed by atoms with van der Waals surface area (Å²) in [5, 5.41) is 8.41. The van der Waals surface area contributed by atoms with Gasteiger partial charge in [0.05, 0.1) is 0 Å². The zero-order chi connectivity index (χ0) is 7.49. The van der Waals surface area contributed by atoms with Crippen molar-refractivity contribution in [3.63, 3.8) is 0 Å². The van der Waals surface area contributed by atoms with Crippen LogP contribution in [0.5, 0.6) is 0 Å². The molecule has 2 nitrogen and oxygen atoms in total. The van der Waals surface area contributed by atoms with Crippen molar-refractivity contribution in [2.24, 2.45) is 0 Å². The first-order valence-electron chi connectivity index (χ1n) is 3.21. The van der Waals surface area contributed by atoms with Crippen LogP contribution < -0.4 is 0 Å². The van der Waals surface area contributed by atoms with Gasteiger partial charge in [-0.1, -0.05) is 0 Å². The summed E-state index contributed by atoms with van der Waals surface area (Å²) in [6, 6.07) is 0. The Kier molecular flexibility index (Phi) is 4.17. The quantitative estimate of drug-likeness (QED) is 0.725. The molecule has 0 saturated heterocycles. The molecule has 0 bridgehead atoms. The van der Waals surface area contributed by atoms with Gasteiger partial charge in [0.15, 0.2) is 0 Å². The van der Waals surface area contributed by atoms with Crippen LogP contribution in [-0.2, 0) is 4.65 Å². The molecule has 0 aromatic carbocycles. The van der Waals surface area contributed by atoms with E-state index in [0.29, 0.717) is 4.12 Å². The van der Waals surface area contributed by atoms with Gasteiger partial charge in [0, 0.05) is 0 Å². The molecule has 1 unspecified atom stereocenters. The van der Waals surface area contributed by atoms with Gasteiger partial charge in [0.25, 0.3) is 0 Å². The molecule has 0 aromatic heterocycles. The van der Waals surface area contributed by atoms with Gasteiger partial charge in [-0.15, -0.1) is 0 Å². The van der Waals surface area contributed by atoms with E-state index >= 15 is 0 Å². The van der Waals surface area contributed by atoms with Gasteiger partial charge in [0.2, 0.25) is 0 Å². The van der Waals surface area contributed by atoms with Crippen LogP contribution in [0.1, 0.15) is 6.92 Å². The minimum atomic E-state index is -1.83.